The molecule has 29 heavy (non-hydrogen) atoms. The van der Waals surface area contributed by atoms with E-state index in [1.54, 1.807) is 0 Å². The van der Waals surface area contributed by atoms with Gasteiger partial charge in [0.15, 0.2) is 11.6 Å². The van der Waals surface area contributed by atoms with Crippen molar-refractivity contribution in [1.29, 1.82) is 0 Å². The van der Waals surface area contributed by atoms with Gasteiger partial charge in [-0.15, -0.1) is 0 Å². The lowest BCUT2D eigenvalue weighted by Crippen LogP contribution is -2.46. The molecule has 1 saturated heterocycles. The summed E-state index contributed by atoms with van der Waals surface area (Å²) in [5, 5.41) is 4.85. The van der Waals surface area contributed by atoms with Gasteiger partial charge in [-0.2, -0.15) is 0 Å². The molecule has 1 saturated carbocycles. The quantitative estimate of drug-likeness (QED) is 0.631. The maximum Gasteiger partial charge on any atom is 0.172 e. The number of para-hydroxylation sites is 2. The maximum atomic E-state index is 6.37. The Kier molecular flexibility index (Phi) is 5.20. The molecule has 2 aliphatic rings. The number of rotatable bonds is 5. The van der Waals surface area contributed by atoms with Gasteiger partial charge in [0.1, 0.15) is 0 Å². The Morgan fingerprint density at radius 1 is 0.897 bits per heavy atom. The van der Waals surface area contributed by atoms with Crippen molar-refractivity contribution in [2.45, 2.75) is 25.4 Å². The topological polar surface area (TPSA) is 44.3 Å². The molecule has 7 heteroatoms. The number of anilines is 2. The Bertz CT molecular complexity index is 1030. The second-order valence-corrected chi connectivity index (χ2v) is 8.56. The van der Waals surface area contributed by atoms with Gasteiger partial charge in [-0.05, 0) is 36.6 Å². The number of halogens is 2. The lowest BCUT2D eigenvalue weighted by Gasteiger charge is -2.36. The van der Waals surface area contributed by atoms with E-state index in [0.717, 1.165) is 61.0 Å². The van der Waals surface area contributed by atoms with Crippen molar-refractivity contribution in [2.24, 2.45) is 0 Å². The number of piperazine rings is 1. The highest BCUT2D eigenvalue weighted by Gasteiger charge is 2.27. The fraction of sp³-hybridized carbons (Fsp3) is 0.364. The van der Waals surface area contributed by atoms with Crippen LogP contribution in [0.3, 0.4) is 0 Å². The van der Waals surface area contributed by atoms with Gasteiger partial charge >= 0.3 is 0 Å². The third-order valence-electron chi connectivity index (χ3n) is 5.57. The second-order valence-electron chi connectivity index (χ2n) is 7.78. The van der Waals surface area contributed by atoms with E-state index in [0.29, 0.717) is 16.1 Å². The third-order valence-corrected chi connectivity index (χ3v) is 6.43. The first-order chi connectivity index (χ1) is 14.2. The molecule has 2 fully saturated rings. The van der Waals surface area contributed by atoms with Gasteiger partial charge in [0.05, 0.1) is 21.1 Å². The van der Waals surface area contributed by atoms with E-state index < -0.39 is 0 Å². The van der Waals surface area contributed by atoms with Gasteiger partial charge in [0.25, 0.3) is 0 Å². The molecule has 0 spiro atoms. The fourth-order valence-electron chi connectivity index (χ4n) is 3.76. The summed E-state index contributed by atoms with van der Waals surface area (Å²) in [6.07, 6.45) is 2.42. The lowest BCUT2D eigenvalue weighted by atomic mass is 10.2. The Balaban J connectivity index is 1.33. The highest BCUT2D eigenvalue weighted by atomic mass is 35.5. The summed E-state index contributed by atoms with van der Waals surface area (Å²) in [5.41, 5.74) is 2.96. The molecule has 5 rings (SSSR count). The minimum absolute atomic E-state index is 0.537. The molecule has 2 heterocycles. The van der Waals surface area contributed by atoms with Crippen LogP contribution in [0.2, 0.25) is 10.0 Å². The van der Waals surface area contributed by atoms with Crippen molar-refractivity contribution < 1.29 is 0 Å². The summed E-state index contributed by atoms with van der Waals surface area (Å²) in [4.78, 5) is 14.6. The summed E-state index contributed by atoms with van der Waals surface area (Å²) < 4.78 is 0. The van der Waals surface area contributed by atoms with Crippen molar-refractivity contribution in [3.63, 3.8) is 0 Å². The molecule has 1 aliphatic carbocycles. The van der Waals surface area contributed by atoms with Crippen LogP contribution in [0, 0.1) is 0 Å². The van der Waals surface area contributed by atoms with E-state index in [4.69, 9.17) is 33.2 Å². The van der Waals surface area contributed by atoms with Crippen LogP contribution < -0.4 is 10.2 Å². The number of aromatic nitrogens is 2. The van der Waals surface area contributed by atoms with E-state index >= 15 is 0 Å². The lowest BCUT2D eigenvalue weighted by molar-refractivity contribution is 0.249. The molecule has 0 unspecified atom stereocenters. The predicted molar refractivity (Wildman–Crippen MR) is 120 cm³/mol. The summed E-state index contributed by atoms with van der Waals surface area (Å²) in [7, 11) is 0. The molecule has 1 N–H and O–H groups in total. The molecule has 5 nitrogen and oxygen atoms in total. The average molecular weight is 428 g/mol. The molecular formula is C22H23Cl2N5. The third kappa shape index (κ3) is 4.13. The Labute approximate surface area is 180 Å². The zero-order chi connectivity index (χ0) is 19.8. The van der Waals surface area contributed by atoms with Gasteiger partial charge in [0.2, 0.25) is 0 Å². The van der Waals surface area contributed by atoms with Crippen LogP contribution in [0.25, 0.3) is 11.0 Å². The average Bonchev–Trinajstić information content (AvgIpc) is 3.56. The van der Waals surface area contributed by atoms with Crippen LogP contribution in [-0.2, 0) is 6.54 Å². The first-order valence-electron chi connectivity index (χ1n) is 10.1. The first-order valence-corrected chi connectivity index (χ1v) is 10.9. The SMILES string of the molecule is Clc1cccc(CN2CCN(c3nc4ccccc4nc3NC3CC3)CC2)c1Cl. The summed E-state index contributed by atoms with van der Waals surface area (Å²) >= 11 is 12.5. The summed E-state index contributed by atoms with van der Waals surface area (Å²) in [5.74, 6) is 1.88. The van der Waals surface area contributed by atoms with E-state index in [1.165, 1.54) is 12.8 Å². The number of hydrogen-bond acceptors (Lipinski definition) is 5. The van der Waals surface area contributed by atoms with Crippen LogP contribution in [0.15, 0.2) is 42.5 Å². The van der Waals surface area contributed by atoms with E-state index in [2.05, 4.69) is 15.1 Å². The van der Waals surface area contributed by atoms with Crippen LogP contribution >= 0.6 is 23.2 Å². The number of nitrogens with zero attached hydrogens (tertiary/aromatic N) is 4. The zero-order valence-corrected chi connectivity index (χ0v) is 17.6. The highest BCUT2D eigenvalue weighted by Crippen LogP contribution is 2.32. The normalized spacial score (nSPS) is 17.7. The molecule has 2 aromatic carbocycles. The van der Waals surface area contributed by atoms with Gasteiger partial charge in [-0.25, -0.2) is 9.97 Å². The summed E-state index contributed by atoms with van der Waals surface area (Å²) in [6, 6.07) is 14.5. The highest BCUT2D eigenvalue weighted by molar-refractivity contribution is 6.42. The molecule has 1 aliphatic heterocycles. The number of nitrogens with one attached hydrogen (secondary N) is 1. The van der Waals surface area contributed by atoms with E-state index in [-0.39, 0.29) is 0 Å². The second kappa shape index (κ2) is 7.98. The van der Waals surface area contributed by atoms with E-state index in [9.17, 15) is 0 Å². The molecule has 0 atom stereocenters. The Morgan fingerprint density at radius 3 is 2.34 bits per heavy atom. The Hall–Kier alpha value is -2.08. The maximum absolute atomic E-state index is 6.37. The minimum Gasteiger partial charge on any atom is -0.364 e. The van der Waals surface area contributed by atoms with Crippen molar-refractivity contribution in [1.82, 2.24) is 14.9 Å². The molecule has 1 aromatic heterocycles. The summed E-state index contributed by atoms with van der Waals surface area (Å²) in [6.45, 7) is 4.51. The largest absolute Gasteiger partial charge is 0.364 e. The van der Waals surface area contributed by atoms with Crippen molar-refractivity contribution >= 4 is 45.9 Å². The van der Waals surface area contributed by atoms with Crippen molar-refractivity contribution in [3.05, 3.63) is 58.1 Å². The van der Waals surface area contributed by atoms with Gasteiger partial charge in [-0.3, -0.25) is 4.90 Å². The molecule has 3 aromatic rings. The zero-order valence-electron chi connectivity index (χ0n) is 16.1. The van der Waals surface area contributed by atoms with Gasteiger partial charge < -0.3 is 10.2 Å². The van der Waals surface area contributed by atoms with E-state index in [1.807, 2.05) is 42.5 Å². The molecular weight excluding hydrogens is 405 g/mol. The van der Waals surface area contributed by atoms with Crippen LogP contribution in [-0.4, -0.2) is 47.1 Å². The number of benzene rings is 2. The first kappa shape index (κ1) is 18.9. The number of fused-ring (bicyclic) bond motifs is 1. The van der Waals surface area contributed by atoms with Crippen molar-refractivity contribution in [2.75, 3.05) is 36.4 Å². The molecule has 0 bridgehead atoms. The monoisotopic (exact) mass is 427 g/mol. The van der Waals surface area contributed by atoms with Crippen LogP contribution in [0.1, 0.15) is 18.4 Å². The van der Waals surface area contributed by atoms with Crippen molar-refractivity contribution in [3.8, 4) is 0 Å². The molecule has 150 valence electrons. The molecule has 0 radical (unpaired) electrons. The Morgan fingerprint density at radius 2 is 1.62 bits per heavy atom. The smallest absolute Gasteiger partial charge is 0.172 e. The molecule has 0 amide bonds. The fourth-order valence-corrected chi connectivity index (χ4v) is 4.14. The predicted octanol–water partition coefficient (Wildman–Crippen LogP) is 4.83. The van der Waals surface area contributed by atoms with Crippen LogP contribution in [0.4, 0.5) is 11.6 Å². The standard InChI is InChI=1S/C22H23Cl2N5/c23-17-5-3-4-15(20(17)24)14-28-10-12-29(13-11-28)22-21(25-16-8-9-16)26-18-6-1-2-7-19(18)27-22/h1-7,16H,8-14H2,(H,25,26). The van der Waals surface area contributed by atoms with Crippen LogP contribution in [0.5, 0.6) is 0 Å². The van der Waals surface area contributed by atoms with Gasteiger partial charge in [-0.1, -0.05) is 47.5 Å². The van der Waals surface area contributed by atoms with Gasteiger partial charge in [0, 0.05) is 38.8 Å². The minimum atomic E-state index is 0.537. The number of hydrogen-bond donors (Lipinski definition) is 1.